The Kier molecular flexibility index (Phi) is 4.55. The number of hydrogen-bond acceptors (Lipinski definition) is 3. The van der Waals surface area contributed by atoms with Crippen molar-refractivity contribution in [1.82, 2.24) is 4.90 Å². The summed E-state index contributed by atoms with van der Waals surface area (Å²) in [6, 6.07) is -0.983. The number of rotatable bonds is 4. The molecule has 1 atom stereocenters. The van der Waals surface area contributed by atoms with E-state index in [4.69, 9.17) is 10.5 Å². The number of nitrogens with zero attached hydrogens (tertiary/aromatic N) is 1. The third kappa shape index (κ3) is 3.97. The first-order valence-corrected chi connectivity index (χ1v) is 4.54. The van der Waals surface area contributed by atoms with Crippen LogP contribution in [0.1, 0.15) is 6.42 Å². The summed E-state index contributed by atoms with van der Waals surface area (Å²) in [6.45, 7) is 3.70. The van der Waals surface area contributed by atoms with Crippen molar-refractivity contribution in [3.05, 3.63) is 0 Å². The fraction of sp³-hybridized carbons (Fsp3) is 1.00. The van der Waals surface area contributed by atoms with Crippen LogP contribution in [0.15, 0.2) is 0 Å². The van der Waals surface area contributed by atoms with Gasteiger partial charge in [-0.05, 0) is 6.42 Å². The van der Waals surface area contributed by atoms with E-state index in [0.717, 1.165) is 13.1 Å². The lowest BCUT2D eigenvalue weighted by atomic mass is 10.2. The third-order valence-corrected chi connectivity index (χ3v) is 2.21. The van der Waals surface area contributed by atoms with Gasteiger partial charge in [0.2, 0.25) is 0 Å². The molecule has 0 radical (unpaired) electrons. The summed E-state index contributed by atoms with van der Waals surface area (Å²) in [5, 5.41) is 0. The van der Waals surface area contributed by atoms with Crippen LogP contribution < -0.4 is 5.73 Å². The lowest BCUT2D eigenvalue weighted by molar-refractivity contribution is 0.0320. The standard InChI is InChI=1S/C8H16F2N2O/c9-8(10)7(11)1-2-12-3-5-13-6-4-12/h7-8H,1-6,11H2. The van der Waals surface area contributed by atoms with Gasteiger partial charge < -0.3 is 10.5 Å². The van der Waals surface area contributed by atoms with Gasteiger partial charge in [0, 0.05) is 19.6 Å². The summed E-state index contributed by atoms with van der Waals surface area (Å²) in [7, 11) is 0. The monoisotopic (exact) mass is 194 g/mol. The van der Waals surface area contributed by atoms with Gasteiger partial charge in [-0.3, -0.25) is 4.90 Å². The van der Waals surface area contributed by atoms with Gasteiger partial charge in [-0.15, -0.1) is 0 Å². The number of morpholine rings is 1. The molecule has 1 heterocycles. The molecule has 0 amide bonds. The van der Waals surface area contributed by atoms with Crippen molar-refractivity contribution in [1.29, 1.82) is 0 Å². The molecule has 0 aromatic rings. The highest BCUT2D eigenvalue weighted by molar-refractivity contribution is 4.68. The number of nitrogens with two attached hydrogens (primary N) is 1. The minimum Gasteiger partial charge on any atom is -0.379 e. The molecule has 1 unspecified atom stereocenters. The van der Waals surface area contributed by atoms with Crippen molar-refractivity contribution in [3.8, 4) is 0 Å². The van der Waals surface area contributed by atoms with Crippen molar-refractivity contribution >= 4 is 0 Å². The lowest BCUT2D eigenvalue weighted by Gasteiger charge is -2.27. The van der Waals surface area contributed by atoms with Crippen LogP contribution in [0.4, 0.5) is 8.78 Å². The maximum absolute atomic E-state index is 12.0. The predicted molar refractivity (Wildman–Crippen MR) is 45.9 cm³/mol. The SMILES string of the molecule is NC(CCN1CCOCC1)C(F)F. The molecule has 1 rings (SSSR count). The highest BCUT2D eigenvalue weighted by Crippen LogP contribution is 2.05. The minimum absolute atomic E-state index is 0.359. The Morgan fingerprint density at radius 2 is 1.92 bits per heavy atom. The zero-order valence-electron chi connectivity index (χ0n) is 7.59. The van der Waals surface area contributed by atoms with Gasteiger partial charge in [0.15, 0.2) is 0 Å². The van der Waals surface area contributed by atoms with Crippen LogP contribution >= 0.6 is 0 Å². The number of alkyl halides is 2. The van der Waals surface area contributed by atoms with Crippen molar-refractivity contribution < 1.29 is 13.5 Å². The molecule has 0 aromatic heterocycles. The van der Waals surface area contributed by atoms with Crippen LogP contribution in [0.2, 0.25) is 0 Å². The zero-order valence-corrected chi connectivity index (χ0v) is 7.59. The van der Waals surface area contributed by atoms with Gasteiger partial charge in [-0.25, -0.2) is 8.78 Å². The molecule has 13 heavy (non-hydrogen) atoms. The molecule has 0 aromatic carbocycles. The van der Waals surface area contributed by atoms with Gasteiger partial charge in [-0.2, -0.15) is 0 Å². The highest BCUT2D eigenvalue weighted by Gasteiger charge is 2.17. The summed E-state index contributed by atoms with van der Waals surface area (Å²) in [4.78, 5) is 2.10. The molecular formula is C8H16F2N2O. The molecule has 0 bridgehead atoms. The van der Waals surface area contributed by atoms with Gasteiger partial charge in [0.25, 0.3) is 6.43 Å². The summed E-state index contributed by atoms with van der Waals surface area (Å²) < 4.78 is 29.2. The van der Waals surface area contributed by atoms with E-state index in [-0.39, 0.29) is 0 Å². The van der Waals surface area contributed by atoms with E-state index >= 15 is 0 Å². The van der Waals surface area contributed by atoms with Crippen LogP contribution in [0.5, 0.6) is 0 Å². The second-order valence-corrected chi connectivity index (χ2v) is 3.24. The van der Waals surface area contributed by atoms with Gasteiger partial charge in [-0.1, -0.05) is 0 Å². The first-order valence-electron chi connectivity index (χ1n) is 4.54. The van der Waals surface area contributed by atoms with Crippen molar-refractivity contribution in [2.45, 2.75) is 18.9 Å². The van der Waals surface area contributed by atoms with Gasteiger partial charge >= 0.3 is 0 Å². The molecule has 0 spiro atoms. The molecule has 1 saturated heterocycles. The van der Waals surface area contributed by atoms with Crippen molar-refractivity contribution in [3.63, 3.8) is 0 Å². The fourth-order valence-electron chi connectivity index (χ4n) is 1.28. The number of hydrogen-bond donors (Lipinski definition) is 1. The highest BCUT2D eigenvalue weighted by atomic mass is 19.3. The number of halogens is 2. The average molecular weight is 194 g/mol. The first-order chi connectivity index (χ1) is 6.20. The third-order valence-electron chi connectivity index (χ3n) is 2.21. The van der Waals surface area contributed by atoms with Crippen molar-refractivity contribution in [2.75, 3.05) is 32.8 Å². The van der Waals surface area contributed by atoms with E-state index < -0.39 is 12.5 Å². The molecular weight excluding hydrogens is 178 g/mol. The second kappa shape index (κ2) is 5.47. The molecule has 0 saturated carbocycles. The van der Waals surface area contributed by atoms with Gasteiger partial charge in [0.1, 0.15) is 0 Å². The van der Waals surface area contributed by atoms with E-state index in [1.807, 2.05) is 0 Å². The Labute approximate surface area is 76.8 Å². The van der Waals surface area contributed by atoms with E-state index in [0.29, 0.717) is 26.2 Å². The topological polar surface area (TPSA) is 38.5 Å². The Morgan fingerprint density at radius 1 is 1.31 bits per heavy atom. The maximum Gasteiger partial charge on any atom is 0.253 e. The molecule has 1 fully saturated rings. The Bertz CT molecular complexity index is 140. The van der Waals surface area contributed by atoms with E-state index in [2.05, 4.69) is 4.90 Å². The molecule has 1 aliphatic heterocycles. The molecule has 5 heteroatoms. The average Bonchev–Trinajstić information content (AvgIpc) is 2.15. The van der Waals surface area contributed by atoms with Crippen LogP contribution in [-0.4, -0.2) is 50.2 Å². The second-order valence-electron chi connectivity index (χ2n) is 3.24. The quantitative estimate of drug-likeness (QED) is 0.699. The van der Waals surface area contributed by atoms with Crippen LogP contribution in [0, 0.1) is 0 Å². The first kappa shape index (κ1) is 10.8. The van der Waals surface area contributed by atoms with E-state index in [1.165, 1.54) is 0 Å². The maximum atomic E-state index is 12.0. The molecule has 0 aliphatic carbocycles. The van der Waals surface area contributed by atoms with Crippen molar-refractivity contribution in [2.24, 2.45) is 5.73 Å². The number of ether oxygens (including phenoxy) is 1. The molecule has 78 valence electrons. The summed E-state index contributed by atoms with van der Waals surface area (Å²) in [5.74, 6) is 0. The smallest absolute Gasteiger partial charge is 0.253 e. The molecule has 3 nitrogen and oxygen atoms in total. The van der Waals surface area contributed by atoms with E-state index in [9.17, 15) is 8.78 Å². The Morgan fingerprint density at radius 3 is 2.46 bits per heavy atom. The normalized spacial score (nSPS) is 22.2. The summed E-state index contributed by atoms with van der Waals surface area (Å²) >= 11 is 0. The van der Waals surface area contributed by atoms with E-state index in [1.54, 1.807) is 0 Å². The minimum atomic E-state index is -2.40. The zero-order chi connectivity index (χ0) is 9.68. The Balaban J connectivity index is 2.10. The van der Waals surface area contributed by atoms with Crippen LogP contribution in [0.25, 0.3) is 0 Å². The van der Waals surface area contributed by atoms with Crippen LogP contribution in [0.3, 0.4) is 0 Å². The molecule has 2 N–H and O–H groups in total. The lowest BCUT2D eigenvalue weighted by Crippen LogP contribution is -2.40. The van der Waals surface area contributed by atoms with Gasteiger partial charge in [0.05, 0.1) is 19.3 Å². The largest absolute Gasteiger partial charge is 0.379 e. The summed E-state index contributed by atoms with van der Waals surface area (Å²) in [5.41, 5.74) is 5.23. The fourth-order valence-corrected chi connectivity index (χ4v) is 1.28. The predicted octanol–water partition coefficient (Wildman–Crippen LogP) is 0.301. The Hall–Kier alpha value is -0.260. The van der Waals surface area contributed by atoms with Crippen LogP contribution in [-0.2, 0) is 4.74 Å². The molecule has 1 aliphatic rings. The summed E-state index contributed by atoms with van der Waals surface area (Å²) in [6.07, 6.45) is -2.04.